The minimum atomic E-state index is -2.76. The highest BCUT2D eigenvalue weighted by Crippen LogP contribution is 2.44. The standard InChI is InChI=1S/C6H9F2NO3/c7-6(8)1-4(2-6)5(3-10)9(11)12/h4-5,10H,1-3H2. The first-order chi connectivity index (χ1) is 5.46. The van der Waals surface area contributed by atoms with Gasteiger partial charge in [0.15, 0.2) is 0 Å². The van der Waals surface area contributed by atoms with Crippen molar-refractivity contribution in [3.63, 3.8) is 0 Å². The Balaban J connectivity index is 2.45. The van der Waals surface area contributed by atoms with E-state index >= 15 is 0 Å². The van der Waals surface area contributed by atoms with Crippen molar-refractivity contribution >= 4 is 0 Å². The minimum absolute atomic E-state index is 0.473. The molecule has 4 nitrogen and oxygen atoms in total. The molecule has 0 aliphatic heterocycles. The molecule has 0 aromatic carbocycles. The molecule has 0 aromatic heterocycles. The van der Waals surface area contributed by atoms with Gasteiger partial charge in [-0.05, 0) is 0 Å². The van der Waals surface area contributed by atoms with Crippen LogP contribution in [-0.4, -0.2) is 28.6 Å². The summed E-state index contributed by atoms with van der Waals surface area (Å²) < 4.78 is 24.5. The van der Waals surface area contributed by atoms with E-state index < -0.39 is 42.3 Å². The first kappa shape index (κ1) is 9.31. The van der Waals surface area contributed by atoms with E-state index in [1.165, 1.54) is 0 Å². The van der Waals surface area contributed by atoms with E-state index in [0.717, 1.165) is 0 Å². The molecule has 6 heteroatoms. The summed E-state index contributed by atoms with van der Waals surface area (Å²) in [5.41, 5.74) is 0. The Labute approximate surface area is 67.3 Å². The van der Waals surface area contributed by atoms with Crippen LogP contribution in [0.4, 0.5) is 8.78 Å². The van der Waals surface area contributed by atoms with Crippen molar-refractivity contribution in [2.75, 3.05) is 6.61 Å². The van der Waals surface area contributed by atoms with Crippen molar-refractivity contribution in [3.8, 4) is 0 Å². The molecule has 70 valence electrons. The summed E-state index contributed by atoms with van der Waals surface area (Å²) in [6.45, 7) is -0.659. The number of nitrogens with zero attached hydrogens (tertiary/aromatic N) is 1. The fraction of sp³-hybridized carbons (Fsp3) is 1.00. The normalized spacial score (nSPS) is 24.6. The van der Waals surface area contributed by atoms with Crippen molar-refractivity contribution in [2.45, 2.75) is 24.8 Å². The average molecular weight is 181 g/mol. The molecule has 1 N–H and O–H groups in total. The molecule has 12 heavy (non-hydrogen) atoms. The van der Waals surface area contributed by atoms with Gasteiger partial charge in [-0.2, -0.15) is 0 Å². The van der Waals surface area contributed by atoms with Gasteiger partial charge in [-0.25, -0.2) is 8.78 Å². The highest BCUT2D eigenvalue weighted by atomic mass is 19.3. The molecule has 0 saturated heterocycles. The smallest absolute Gasteiger partial charge is 0.249 e. The fourth-order valence-electron chi connectivity index (χ4n) is 1.37. The zero-order chi connectivity index (χ0) is 9.35. The van der Waals surface area contributed by atoms with Crippen molar-refractivity contribution in [1.82, 2.24) is 0 Å². The van der Waals surface area contributed by atoms with Gasteiger partial charge in [0.25, 0.3) is 0 Å². The van der Waals surface area contributed by atoms with Gasteiger partial charge in [-0.15, -0.1) is 0 Å². The molecule has 1 saturated carbocycles. The molecular formula is C6H9F2NO3. The number of aliphatic hydroxyl groups is 1. The van der Waals surface area contributed by atoms with Gasteiger partial charge >= 0.3 is 0 Å². The van der Waals surface area contributed by atoms with E-state index in [9.17, 15) is 18.9 Å². The van der Waals surface area contributed by atoms with Crippen molar-refractivity contribution in [3.05, 3.63) is 10.1 Å². The summed E-state index contributed by atoms with van der Waals surface area (Å²) in [6.07, 6.45) is -0.946. The zero-order valence-corrected chi connectivity index (χ0v) is 6.24. The maximum Gasteiger partial charge on any atom is 0.249 e. The maximum absolute atomic E-state index is 12.2. The van der Waals surface area contributed by atoms with Crippen LogP contribution >= 0.6 is 0 Å². The largest absolute Gasteiger partial charge is 0.389 e. The highest BCUT2D eigenvalue weighted by molar-refractivity contribution is 4.90. The van der Waals surface area contributed by atoms with Crippen molar-refractivity contribution in [2.24, 2.45) is 5.92 Å². The number of rotatable bonds is 3. The molecule has 0 radical (unpaired) electrons. The second kappa shape index (κ2) is 2.93. The van der Waals surface area contributed by atoms with E-state index in [4.69, 9.17) is 5.11 Å². The van der Waals surface area contributed by atoms with Crippen LogP contribution < -0.4 is 0 Å². The predicted octanol–water partition coefficient (Wildman–Crippen LogP) is 0.669. The third kappa shape index (κ3) is 1.69. The molecule has 1 atom stereocenters. The summed E-state index contributed by atoms with van der Waals surface area (Å²) in [7, 11) is 0. The fourth-order valence-corrected chi connectivity index (χ4v) is 1.37. The third-order valence-electron chi connectivity index (χ3n) is 2.12. The second-order valence-electron chi connectivity index (χ2n) is 3.06. The van der Waals surface area contributed by atoms with E-state index in [0.29, 0.717) is 0 Å². The quantitative estimate of drug-likeness (QED) is 0.514. The molecular weight excluding hydrogens is 172 g/mol. The number of alkyl halides is 2. The number of halogens is 2. The third-order valence-corrected chi connectivity index (χ3v) is 2.12. The Morgan fingerprint density at radius 2 is 2.17 bits per heavy atom. The summed E-state index contributed by atoms with van der Waals surface area (Å²) in [4.78, 5) is 9.48. The van der Waals surface area contributed by atoms with Gasteiger partial charge in [-0.1, -0.05) is 0 Å². The Bertz CT molecular complexity index is 189. The Hall–Kier alpha value is -0.780. The van der Waals surface area contributed by atoms with Gasteiger partial charge in [0.1, 0.15) is 6.61 Å². The second-order valence-corrected chi connectivity index (χ2v) is 3.06. The number of nitro groups is 1. The molecule has 0 spiro atoms. The van der Waals surface area contributed by atoms with Gasteiger partial charge in [-0.3, -0.25) is 10.1 Å². The first-order valence-electron chi connectivity index (χ1n) is 3.58. The van der Waals surface area contributed by atoms with Gasteiger partial charge in [0.05, 0.1) is 0 Å². The molecule has 0 heterocycles. The summed E-state index contributed by atoms with van der Waals surface area (Å²) in [6, 6.07) is -1.22. The van der Waals surface area contributed by atoms with Crippen molar-refractivity contribution < 1.29 is 18.8 Å². The summed E-state index contributed by atoms with van der Waals surface area (Å²) in [5.74, 6) is -3.42. The molecule has 1 fully saturated rings. The van der Waals surface area contributed by atoms with Crippen LogP contribution in [0.1, 0.15) is 12.8 Å². The van der Waals surface area contributed by atoms with E-state index in [1.807, 2.05) is 0 Å². The maximum atomic E-state index is 12.2. The van der Waals surface area contributed by atoms with Crippen LogP contribution in [-0.2, 0) is 0 Å². The van der Waals surface area contributed by atoms with Crippen LogP contribution in [0, 0.1) is 16.0 Å². The lowest BCUT2D eigenvalue weighted by molar-refractivity contribution is -0.542. The van der Waals surface area contributed by atoms with Gasteiger partial charge < -0.3 is 5.11 Å². The highest BCUT2D eigenvalue weighted by Gasteiger charge is 2.52. The molecule has 0 aromatic rings. The molecule has 0 amide bonds. The Morgan fingerprint density at radius 1 is 1.67 bits per heavy atom. The number of hydrogen-bond donors (Lipinski definition) is 1. The van der Waals surface area contributed by atoms with Crippen LogP contribution in [0.25, 0.3) is 0 Å². The molecule has 1 rings (SSSR count). The molecule has 1 unspecified atom stereocenters. The predicted molar refractivity (Wildman–Crippen MR) is 35.5 cm³/mol. The van der Waals surface area contributed by atoms with Crippen LogP contribution in [0.5, 0.6) is 0 Å². The van der Waals surface area contributed by atoms with E-state index in [2.05, 4.69) is 0 Å². The Kier molecular flexibility index (Phi) is 2.27. The van der Waals surface area contributed by atoms with Crippen LogP contribution in [0.15, 0.2) is 0 Å². The van der Waals surface area contributed by atoms with Crippen molar-refractivity contribution in [1.29, 1.82) is 0 Å². The summed E-state index contributed by atoms with van der Waals surface area (Å²) >= 11 is 0. The van der Waals surface area contributed by atoms with Gasteiger partial charge in [0.2, 0.25) is 12.0 Å². The lowest BCUT2D eigenvalue weighted by atomic mass is 9.77. The molecule has 1 aliphatic carbocycles. The topological polar surface area (TPSA) is 63.4 Å². The Morgan fingerprint density at radius 3 is 2.42 bits per heavy atom. The molecule has 1 aliphatic rings. The average Bonchev–Trinajstić information content (AvgIpc) is 1.84. The summed E-state index contributed by atoms with van der Waals surface area (Å²) in [5, 5.41) is 18.7. The SMILES string of the molecule is O=[N+]([O-])C(CO)C1CC(F)(F)C1. The zero-order valence-electron chi connectivity index (χ0n) is 6.24. The van der Waals surface area contributed by atoms with E-state index in [1.54, 1.807) is 0 Å². The first-order valence-corrected chi connectivity index (χ1v) is 3.58. The number of aliphatic hydroxyl groups excluding tert-OH is 1. The minimum Gasteiger partial charge on any atom is -0.389 e. The number of hydrogen-bond acceptors (Lipinski definition) is 3. The van der Waals surface area contributed by atoms with Crippen LogP contribution in [0.3, 0.4) is 0 Å². The molecule has 0 bridgehead atoms. The lowest BCUT2D eigenvalue weighted by Crippen LogP contribution is -2.46. The van der Waals surface area contributed by atoms with E-state index in [-0.39, 0.29) is 0 Å². The monoisotopic (exact) mass is 181 g/mol. The van der Waals surface area contributed by atoms with Crippen LogP contribution in [0.2, 0.25) is 0 Å². The van der Waals surface area contributed by atoms with Gasteiger partial charge in [0, 0.05) is 23.7 Å². The lowest BCUT2D eigenvalue weighted by Gasteiger charge is -2.35.